The van der Waals surface area contributed by atoms with E-state index in [1.807, 2.05) is 12.1 Å². The maximum atomic E-state index is 9.46. The van der Waals surface area contributed by atoms with E-state index in [0.717, 1.165) is 5.56 Å². The summed E-state index contributed by atoms with van der Waals surface area (Å²) in [4.78, 5) is 4.26. The smallest absolute Gasteiger partial charge is 0.203 e. The molecule has 0 saturated carbocycles. The second-order valence-electron chi connectivity index (χ2n) is 3.88. The second-order valence-corrected chi connectivity index (χ2v) is 5.07. The van der Waals surface area contributed by atoms with E-state index >= 15 is 0 Å². The number of benzene rings is 1. The molecule has 0 spiro atoms. The lowest BCUT2D eigenvalue weighted by molar-refractivity contribution is 0.179. The van der Waals surface area contributed by atoms with E-state index in [-0.39, 0.29) is 12.6 Å². The first-order chi connectivity index (χ1) is 9.22. The lowest BCUT2D eigenvalue weighted by Crippen LogP contribution is -2.14. The molecule has 1 atom stereocenters. The van der Waals surface area contributed by atoms with Gasteiger partial charge < -0.3 is 15.2 Å². The average molecular weight is 300 g/mol. The molecule has 0 saturated heterocycles. The predicted octanol–water partition coefficient (Wildman–Crippen LogP) is 2.48. The Kier molecular flexibility index (Phi) is 5.09. The molecule has 1 heterocycles. The average Bonchev–Trinajstić information content (AvgIpc) is 2.85. The van der Waals surface area contributed by atoms with E-state index in [9.17, 15) is 5.11 Å². The number of hydrogen-bond donors (Lipinski definition) is 2. The summed E-state index contributed by atoms with van der Waals surface area (Å²) in [5.41, 5.74) is 0.940. The van der Waals surface area contributed by atoms with Crippen LogP contribution in [-0.2, 0) is 11.3 Å². The van der Waals surface area contributed by atoms with Gasteiger partial charge in [0.2, 0.25) is 5.13 Å². The molecular weight excluding hydrogens is 286 g/mol. The largest absolute Gasteiger partial charge is 0.394 e. The van der Waals surface area contributed by atoms with Gasteiger partial charge in [0.25, 0.3) is 0 Å². The van der Waals surface area contributed by atoms with Gasteiger partial charge in [-0.1, -0.05) is 23.7 Å². The maximum Gasteiger partial charge on any atom is 0.203 e. The van der Waals surface area contributed by atoms with Crippen LogP contribution in [0.25, 0.3) is 0 Å². The van der Waals surface area contributed by atoms with Crippen LogP contribution in [-0.4, -0.2) is 28.2 Å². The summed E-state index contributed by atoms with van der Waals surface area (Å²) in [6.45, 7) is 0.337. The third-order valence-electron chi connectivity index (χ3n) is 2.49. The van der Waals surface area contributed by atoms with Gasteiger partial charge in [-0.2, -0.15) is 4.37 Å². The summed E-state index contributed by atoms with van der Waals surface area (Å²) >= 11 is 7.08. The second kappa shape index (κ2) is 6.81. The summed E-state index contributed by atoms with van der Waals surface area (Å²) in [5.74, 6) is 0.628. The highest BCUT2D eigenvalue weighted by Gasteiger charge is 2.13. The SMILES string of the molecule is COCc1nsc(NC(CO)c2ccc(Cl)cc2)n1. The molecule has 5 nitrogen and oxygen atoms in total. The van der Waals surface area contributed by atoms with Crippen LogP contribution in [0.5, 0.6) is 0 Å². The summed E-state index contributed by atoms with van der Waals surface area (Å²) in [7, 11) is 1.60. The number of aliphatic hydroxyl groups excluding tert-OH is 1. The zero-order valence-electron chi connectivity index (χ0n) is 10.3. The van der Waals surface area contributed by atoms with Gasteiger partial charge in [-0.05, 0) is 17.7 Å². The van der Waals surface area contributed by atoms with Crippen LogP contribution in [0.3, 0.4) is 0 Å². The number of nitrogens with zero attached hydrogens (tertiary/aromatic N) is 2. The Labute approximate surface area is 120 Å². The fourth-order valence-electron chi connectivity index (χ4n) is 1.58. The van der Waals surface area contributed by atoms with Crippen LogP contribution >= 0.6 is 23.1 Å². The highest BCUT2D eigenvalue weighted by Crippen LogP contribution is 2.22. The fourth-order valence-corrected chi connectivity index (χ4v) is 2.33. The van der Waals surface area contributed by atoms with Crippen molar-refractivity contribution in [3.63, 3.8) is 0 Å². The van der Waals surface area contributed by atoms with E-state index in [0.29, 0.717) is 22.6 Å². The molecule has 1 unspecified atom stereocenters. The normalized spacial score (nSPS) is 12.4. The standard InChI is InChI=1S/C12H14ClN3O2S/c1-18-7-11-15-12(19-16-11)14-10(6-17)8-2-4-9(13)5-3-8/h2-5,10,17H,6-7H2,1H3,(H,14,15,16). The van der Waals surface area contributed by atoms with Crippen molar-refractivity contribution in [1.29, 1.82) is 0 Å². The van der Waals surface area contributed by atoms with Crippen molar-refractivity contribution in [2.75, 3.05) is 19.0 Å². The number of rotatable bonds is 6. The van der Waals surface area contributed by atoms with Gasteiger partial charge in [0.1, 0.15) is 6.61 Å². The Morgan fingerprint density at radius 1 is 1.42 bits per heavy atom. The van der Waals surface area contributed by atoms with Crippen LogP contribution in [0.15, 0.2) is 24.3 Å². The van der Waals surface area contributed by atoms with Gasteiger partial charge in [-0.25, -0.2) is 4.98 Å². The van der Waals surface area contributed by atoms with Gasteiger partial charge in [0, 0.05) is 23.7 Å². The van der Waals surface area contributed by atoms with Crippen LogP contribution in [0.4, 0.5) is 5.13 Å². The van der Waals surface area contributed by atoms with Gasteiger partial charge in [-0.3, -0.25) is 0 Å². The number of methoxy groups -OCH3 is 1. The number of aliphatic hydroxyl groups is 1. The minimum Gasteiger partial charge on any atom is -0.394 e. The highest BCUT2D eigenvalue weighted by molar-refractivity contribution is 7.09. The van der Waals surface area contributed by atoms with Crippen LogP contribution in [0, 0.1) is 0 Å². The molecule has 2 N–H and O–H groups in total. The van der Waals surface area contributed by atoms with Crippen molar-refractivity contribution in [3.05, 3.63) is 40.7 Å². The Morgan fingerprint density at radius 2 is 2.16 bits per heavy atom. The molecule has 0 amide bonds. The first kappa shape index (κ1) is 14.2. The lowest BCUT2D eigenvalue weighted by Gasteiger charge is -2.15. The molecule has 102 valence electrons. The highest BCUT2D eigenvalue weighted by atomic mass is 35.5. The zero-order valence-corrected chi connectivity index (χ0v) is 11.9. The Balaban J connectivity index is 2.07. The number of aromatic nitrogens is 2. The number of halogens is 1. The van der Waals surface area contributed by atoms with Gasteiger partial charge >= 0.3 is 0 Å². The van der Waals surface area contributed by atoms with Crippen molar-refractivity contribution in [1.82, 2.24) is 9.36 Å². The van der Waals surface area contributed by atoms with Crippen molar-refractivity contribution >= 4 is 28.3 Å². The predicted molar refractivity (Wildman–Crippen MR) is 75.5 cm³/mol. The first-order valence-electron chi connectivity index (χ1n) is 5.67. The Morgan fingerprint density at radius 3 is 2.79 bits per heavy atom. The minimum atomic E-state index is -0.236. The molecule has 2 aromatic rings. The quantitative estimate of drug-likeness (QED) is 0.858. The molecule has 1 aromatic carbocycles. The lowest BCUT2D eigenvalue weighted by atomic mass is 10.1. The molecule has 19 heavy (non-hydrogen) atoms. The molecule has 0 aliphatic carbocycles. The molecule has 0 radical (unpaired) electrons. The van der Waals surface area contributed by atoms with Crippen LogP contribution in [0.1, 0.15) is 17.4 Å². The molecular formula is C12H14ClN3O2S. The molecule has 0 bridgehead atoms. The summed E-state index contributed by atoms with van der Waals surface area (Å²) in [6, 6.07) is 7.08. The van der Waals surface area contributed by atoms with Gasteiger partial charge in [0.05, 0.1) is 12.6 Å². The van der Waals surface area contributed by atoms with E-state index in [2.05, 4.69) is 14.7 Å². The molecule has 0 aliphatic rings. The van der Waals surface area contributed by atoms with Crippen molar-refractivity contribution in [2.24, 2.45) is 0 Å². The third kappa shape index (κ3) is 3.87. The van der Waals surface area contributed by atoms with Crippen LogP contribution < -0.4 is 5.32 Å². The van der Waals surface area contributed by atoms with Crippen molar-refractivity contribution < 1.29 is 9.84 Å². The van der Waals surface area contributed by atoms with E-state index in [1.165, 1.54) is 11.5 Å². The molecule has 0 fully saturated rings. The number of nitrogens with one attached hydrogen (secondary N) is 1. The number of anilines is 1. The van der Waals surface area contributed by atoms with Gasteiger partial charge in [-0.15, -0.1) is 0 Å². The number of hydrogen-bond acceptors (Lipinski definition) is 6. The molecule has 1 aromatic heterocycles. The Hall–Kier alpha value is -1.21. The third-order valence-corrected chi connectivity index (χ3v) is 3.43. The first-order valence-corrected chi connectivity index (χ1v) is 6.82. The Bertz CT molecular complexity index is 518. The summed E-state index contributed by atoms with van der Waals surface area (Å²) in [6.07, 6.45) is 0. The van der Waals surface area contributed by atoms with Crippen molar-refractivity contribution in [3.8, 4) is 0 Å². The molecule has 7 heteroatoms. The van der Waals surface area contributed by atoms with Crippen LogP contribution in [0.2, 0.25) is 5.02 Å². The van der Waals surface area contributed by atoms with E-state index in [4.69, 9.17) is 16.3 Å². The number of ether oxygens (including phenoxy) is 1. The monoisotopic (exact) mass is 299 g/mol. The maximum absolute atomic E-state index is 9.46. The summed E-state index contributed by atoms with van der Waals surface area (Å²) in [5, 5.41) is 13.9. The molecule has 0 aliphatic heterocycles. The van der Waals surface area contributed by atoms with E-state index < -0.39 is 0 Å². The summed E-state index contributed by atoms with van der Waals surface area (Å²) < 4.78 is 9.10. The van der Waals surface area contributed by atoms with E-state index in [1.54, 1.807) is 19.2 Å². The fraction of sp³-hybridized carbons (Fsp3) is 0.333. The zero-order chi connectivity index (χ0) is 13.7. The topological polar surface area (TPSA) is 67.3 Å². The van der Waals surface area contributed by atoms with Gasteiger partial charge in [0.15, 0.2) is 5.82 Å². The minimum absolute atomic E-state index is 0.0408. The molecule has 2 rings (SSSR count). The van der Waals surface area contributed by atoms with Crippen molar-refractivity contribution in [2.45, 2.75) is 12.6 Å².